The fourth-order valence-corrected chi connectivity index (χ4v) is 2.59. The summed E-state index contributed by atoms with van der Waals surface area (Å²) in [7, 11) is 1.52. The maximum Gasteiger partial charge on any atom is 0.394 e. The first-order valence-electron chi connectivity index (χ1n) is 8.28. The summed E-state index contributed by atoms with van der Waals surface area (Å²) in [5.41, 5.74) is 0.527. The van der Waals surface area contributed by atoms with Gasteiger partial charge in [0.15, 0.2) is 0 Å². The number of hydrogen-bond acceptors (Lipinski definition) is 4. The Morgan fingerprint density at radius 3 is 2.26 bits per heavy atom. The molecule has 1 aromatic carbocycles. The molecule has 0 radical (unpaired) electrons. The Balaban J connectivity index is 0.00000114. The second-order valence-electron chi connectivity index (χ2n) is 6.65. The first-order chi connectivity index (χ1) is 12.5. The number of halogens is 3. The van der Waals surface area contributed by atoms with Crippen LogP contribution in [0.15, 0.2) is 24.4 Å². The molecule has 0 N–H and O–H groups in total. The van der Waals surface area contributed by atoms with E-state index in [1.54, 1.807) is 18.2 Å². The van der Waals surface area contributed by atoms with Crippen molar-refractivity contribution in [1.82, 2.24) is 9.55 Å². The van der Waals surface area contributed by atoms with E-state index in [1.807, 2.05) is 24.6 Å². The minimum atomic E-state index is -4.25. The van der Waals surface area contributed by atoms with Gasteiger partial charge in [-0.05, 0) is 37.5 Å². The highest BCUT2D eigenvalue weighted by Gasteiger charge is 2.47. The summed E-state index contributed by atoms with van der Waals surface area (Å²) in [6.45, 7) is 6.33. The standard InChI is InChI=1S/C18H23F3N2O.CO2/c1-6-14-11-23(12(2)22-14)15-8-7-13(9-16(15)24-5)10-17(3,4)18(19,20)21;2-1-3/h7-9,11H,6,10H2,1-5H3;. The van der Waals surface area contributed by atoms with E-state index in [4.69, 9.17) is 14.3 Å². The molecule has 0 aliphatic heterocycles. The molecule has 2 aromatic rings. The second kappa shape index (κ2) is 8.86. The summed E-state index contributed by atoms with van der Waals surface area (Å²) < 4.78 is 46.6. The number of aromatic nitrogens is 2. The molecule has 0 unspecified atom stereocenters. The quantitative estimate of drug-likeness (QED) is 0.771. The van der Waals surface area contributed by atoms with E-state index in [2.05, 4.69) is 4.98 Å². The lowest BCUT2D eigenvalue weighted by Crippen LogP contribution is -2.34. The Morgan fingerprint density at radius 1 is 1.22 bits per heavy atom. The summed E-state index contributed by atoms with van der Waals surface area (Å²) in [4.78, 5) is 20.7. The third-order valence-electron chi connectivity index (χ3n) is 4.21. The Kier molecular flexibility index (Phi) is 7.37. The Hall–Kier alpha value is -2.60. The van der Waals surface area contributed by atoms with Crippen LogP contribution >= 0.6 is 0 Å². The first kappa shape index (κ1) is 22.4. The average molecular weight is 384 g/mol. The number of carbonyl (C=O) groups excluding carboxylic acids is 2. The highest BCUT2D eigenvalue weighted by atomic mass is 19.4. The molecule has 0 saturated heterocycles. The summed E-state index contributed by atoms with van der Waals surface area (Å²) in [5.74, 6) is 1.35. The van der Waals surface area contributed by atoms with Gasteiger partial charge in [0.2, 0.25) is 0 Å². The molecular formula is C19H23F3N2O3. The minimum absolute atomic E-state index is 0.101. The molecule has 0 fully saturated rings. The molecule has 0 bridgehead atoms. The number of alkyl halides is 3. The van der Waals surface area contributed by atoms with Crippen LogP contribution in [0.4, 0.5) is 13.2 Å². The van der Waals surface area contributed by atoms with Crippen molar-refractivity contribution in [3.05, 3.63) is 41.5 Å². The van der Waals surface area contributed by atoms with E-state index in [0.717, 1.165) is 23.6 Å². The number of aryl methyl sites for hydroxylation is 2. The number of ether oxygens (including phenoxy) is 1. The number of imidazole rings is 1. The van der Waals surface area contributed by atoms with Crippen LogP contribution in [0, 0.1) is 12.3 Å². The normalized spacial score (nSPS) is 11.4. The monoisotopic (exact) mass is 384 g/mol. The lowest BCUT2D eigenvalue weighted by Gasteiger charge is -2.28. The van der Waals surface area contributed by atoms with Gasteiger partial charge < -0.3 is 9.30 Å². The molecule has 0 amide bonds. The molecule has 27 heavy (non-hydrogen) atoms. The van der Waals surface area contributed by atoms with Crippen molar-refractivity contribution in [3.8, 4) is 11.4 Å². The largest absolute Gasteiger partial charge is 0.495 e. The van der Waals surface area contributed by atoms with Gasteiger partial charge in [0.1, 0.15) is 11.6 Å². The van der Waals surface area contributed by atoms with E-state index in [-0.39, 0.29) is 12.6 Å². The SMILES string of the molecule is CCc1cn(-c2ccc(CC(C)(C)C(F)(F)F)cc2OC)c(C)n1.O=C=O. The van der Waals surface area contributed by atoms with Gasteiger partial charge in [-0.15, -0.1) is 0 Å². The fraction of sp³-hybridized carbons (Fsp3) is 0.474. The third kappa shape index (κ3) is 5.44. The van der Waals surface area contributed by atoms with Crippen LogP contribution in [0.25, 0.3) is 5.69 Å². The van der Waals surface area contributed by atoms with Crippen molar-refractivity contribution in [1.29, 1.82) is 0 Å². The topological polar surface area (TPSA) is 61.2 Å². The van der Waals surface area contributed by atoms with Crippen molar-refractivity contribution in [2.75, 3.05) is 7.11 Å². The van der Waals surface area contributed by atoms with Gasteiger partial charge in [-0.25, -0.2) is 4.98 Å². The Labute approximate surface area is 156 Å². The van der Waals surface area contributed by atoms with Gasteiger partial charge in [0.25, 0.3) is 0 Å². The molecule has 148 valence electrons. The van der Waals surface area contributed by atoms with E-state index in [0.29, 0.717) is 11.3 Å². The van der Waals surface area contributed by atoms with Crippen molar-refractivity contribution < 1.29 is 27.5 Å². The van der Waals surface area contributed by atoms with Gasteiger partial charge in [-0.3, -0.25) is 0 Å². The van der Waals surface area contributed by atoms with Gasteiger partial charge in [-0.2, -0.15) is 22.8 Å². The smallest absolute Gasteiger partial charge is 0.394 e. The van der Waals surface area contributed by atoms with E-state index >= 15 is 0 Å². The lowest BCUT2D eigenvalue weighted by molar-refractivity contribution is -0.211. The molecule has 2 rings (SSSR count). The van der Waals surface area contributed by atoms with E-state index in [1.165, 1.54) is 21.0 Å². The molecule has 5 nitrogen and oxygen atoms in total. The zero-order valence-corrected chi connectivity index (χ0v) is 16.0. The maximum atomic E-state index is 13.1. The molecule has 0 aliphatic rings. The lowest BCUT2D eigenvalue weighted by atomic mass is 9.85. The first-order valence-corrected chi connectivity index (χ1v) is 8.28. The van der Waals surface area contributed by atoms with Gasteiger partial charge in [-0.1, -0.05) is 26.8 Å². The van der Waals surface area contributed by atoms with Crippen LogP contribution in [0.2, 0.25) is 0 Å². The predicted molar refractivity (Wildman–Crippen MR) is 92.8 cm³/mol. The highest BCUT2D eigenvalue weighted by molar-refractivity contribution is 5.50. The van der Waals surface area contributed by atoms with E-state index in [9.17, 15) is 13.2 Å². The molecule has 8 heteroatoms. The summed E-state index contributed by atoms with van der Waals surface area (Å²) in [6, 6.07) is 5.18. The predicted octanol–water partition coefficient (Wildman–Crippen LogP) is 4.30. The van der Waals surface area contributed by atoms with Gasteiger partial charge in [0.05, 0.1) is 23.9 Å². The highest BCUT2D eigenvalue weighted by Crippen LogP contribution is 2.41. The second-order valence-corrected chi connectivity index (χ2v) is 6.65. The zero-order chi connectivity index (χ0) is 20.8. The fourth-order valence-electron chi connectivity index (χ4n) is 2.59. The van der Waals surface area contributed by atoms with Crippen LogP contribution in [-0.4, -0.2) is 29.0 Å². The molecule has 0 aliphatic carbocycles. The third-order valence-corrected chi connectivity index (χ3v) is 4.21. The van der Waals surface area contributed by atoms with Crippen LogP contribution in [0.1, 0.15) is 37.9 Å². The van der Waals surface area contributed by atoms with Gasteiger partial charge >= 0.3 is 12.3 Å². The van der Waals surface area contributed by atoms with Gasteiger partial charge in [0, 0.05) is 6.20 Å². The molecule has 0 spiro atoms. The maximum absolute atomic E-state index is 13.1. The van der Waals surface area contributed by atoms with Crippen LogP contribution < -0.4 is 4.74 Å². The summed E-state index contributed by atoms with van der Waals surface area (Å²) in [5, 5.41) is 0. The molecular weight excluding hydrogens is 361 g/mol. The average Bonchev–Trinajstić information content (AvgIpc) is 2.95. The summed E-state index contributed by atoms with van der Waals surface area (Å²) in [6.07, 6.45) is -1.37. The van der Waals surface area contributed by atoms with Crippen molar-refractivity contribution >= 4 is 6.15 Å². The number of rotatable bonds is 5. The number of benzene rings is 1. The van der Waals surface area contributed by atoms with Crippen LogP contribution in [0.3, 0.4) is 0 Å². The molecule has 1 heterocycles. The van der Waals surface area contributed by atoms with Crippen LogP contribution in [0.5, 0.6) is 5.75 Å². The molecule has 0 atom stereocenters. The van der Waals surface area contributed by atoms with Crippen LogP contribution in [-0.2, 0) is 22.4 Å². The van der Waals surface area contributed by atoms with Crippen molar-refractivity contribution in [3.63, 3.8) is 0 Å². The van der Waals surface area contributed by atoms with E-state index < -0.39 is 11.6 Å². The molecule has 1 aromatic heterocycles. The van der Waals surface area contributed by atoms with Crippen molar-refractivity contribution in [2.45, 2.75) is 46.7 Å². The number of hydrogen-bond donors (Lipinski definition) is 0. The number of methoxy groups -OCH3 is 1. The Morgan fingerprint density at radius 2 is 1.81 bits per heavy atom. The van der Waals surface area contributed by atoms with Crippen molar-refractivity contribution in [2.24, 2.45) is 5.41 Å². The zero-order valence-electron chi connectivity index (χ0n) is 16.0. The molecule has 0 saturated carbocycles. The Bertz CT molecular complexity index is 805. The number of nitrogens with zero attached hydrogens (tertiary/aromatic N) is 2. The summed E-state index contributed by atoms with van der Waals surface area (Å²) >= 11 is 0. The minimum Gasteiger partial charge on any atom is -0.495 e.